The van der Waals surface area contributed by atoms with E-state index in [-0.39, 0.29) is 5.91 Å². The molecule has 0 radical (unpaired) electrons. The Morgan fingerprint density at radius 2 is 1.60 bits per heavy atom. The first-order chi connectivity index (χ1) is 6.88. The molecule has 0 aromatic heterocycles. The van der Waals surface area contributed by atoms with Gasteiger partial charge in [-0.3, -0.25) is 4.79 Å². The average Bonchev–Trinajstić information content (AvgIpc) is 2.55. The topological polar surface area (TPSA) is 57.7 Å². The number of hydrogen-bond acceptors (Lipinski definition) is 3. The van der Waals surface area contributed by atoms with Gasteiger partial charge in [0, 0.05) is 33.1 Å². The second-order valence-corrected chi connectivity index (χ2v) is 6.51. The molecule has 0 N–H and O–H groups in total. The van der Waals surface area contributed by atoms with Crippen LogP contribution in [0.5, 0.6) is 0 Å². The molecule has 6 heteroatoms. The molecular weight excluding hydrogens is 216 g/mol. The highest BCUT2D eigenvalue weighted by Crippen LogP contribution is 2.32. The molecule has 0 aliphatic carbocycles. The fourth-order valence-corrected chi connectivity index (χ4v) is 3.40. The SMILES string of the molecule is CC(=O)N1C[C@@H]2CN(S(C)(=O)=O)C[C@@H]2C1. The second kappa shape index (κ2) is 3.45. The third-order valence-electron chi connectivity index (χ3n) is 3.37. The van der Waals surface area contributed by atoms with Gasteiger partial charge in [-0.1, -0.05) is 0 Å². The fourth-order valence-electron chi connectivity index (χ4n) is 2.48. The molecule has 0 aromatic rings. The molecule has 5 nitrogen and oxygen atoms in total. The average molecular weight is 232 g/mol. The molecule has 2 rings (SSSR count). The van der Waals surface area contributed by atoms with Gasteiger partial charge in [0.15, 0.2) is 0 Å². The monoisotopic (exact) mass is 232 g/mol. The Balaban J connectivity index is 2.02. The highest BCUT2D eigenvalue weighted by atomic mass is 32.2. The van der Waals surface area contributed by atoms with Crippen molar-refractivity contribution in [2.45, 2.75) is 6.92 Å². The number of carbonyl (C=O) groups excluding carboxylic acids is 1. The molecule has 2 aliphatic rings. The standard InChI is InChI=1S/C9H16N2O3S/c1-7(12)10-3-8-5-11(15(2,13)14)6-9(8)4-10/h8-9H,3-6H2,1-2H3/t8-,9+. The summed E-state index contributed by atoms with van der Waals surface area (Å²) in [6.45, 7) is 4.15. The highest BCUT2D eigenvalue weighted by molar-refractivity contribution is 7.88. The van der Waals surface area contributed by atoms with Crippen LogP contribution >= 0.6 is 0 Å². The zero-order chi connectivity index (χ0) is 11.2. The summed E-state index contributed by atoms with van der Waals surface area (Å²) < 4.78 is 24.2. The maximum atomic E-state index is 11.3. The second-order valence-electron chi connectivity index (χ2n) is 4.52. The van der Waals surface area contributed by atoms with Crippen molar-refractivity contribution in [3.63, 3.8) is 0 Å². The van der Waals surface area contributed by atoms with E-state index >= 15 is 0 Å². The molecule has 0 saturated carbocycles. The van der Waals surface area contributed by atoms with E-state index in [2.05, 4.69) is 0 Å². The number of likely N-dealkylation sites (tertiary alicyclic amines) is 1. The van der Waals surface area contributed by atoms with Crippen LogP contribution < -0.4 is 0 Å². The molecule has 86 valence electrons. The number of fused-ring (bicyclic) bond motifs is 1. The van der Waals surface area contributed by atoms with Crippen molar-refractivity contribution in [2.75, 3.05) is 32.4 Å². The van der Waals surface area contributed by atoms with Crippen molar-refractivity contribution in [3.8, 4) is 0 Å². The van der Waals surface area contributed by atoms with Crippen molar-refractivity contribution >= 4 is 15.9 Å². The normalized spacial score (nSPS) is 32.0. The fraction of sp³-hybridized carbons (Fsp3) is 0.889. The minimum absolute atomic E-state index is 0.0929. The molecule has 2 heterocycles. The van der Waals surface area contributed by atoms with E-state index in [4.69, 9.17) is 0 Å². The van der Waals surface area contributed by atoms with Gasteiger partial charge in [0.1, 0.15) is 0 Å². The van der Waals surface area contributed by atoms with E-state index in [1.165, 1.54) is 10.6 Å². The smallest absolute Gasteiger partial charge is 0.219 e. The van der Waals surface area contributed by atoms with Crippen LogP contribution in [0.1, 0.15) is 6.92 Å². The molecule has 0 unspecified atom stereocenters. The molecular formula is C9H16N2O3S. The molecule has 1 amide bonds. The number of rotatable bonds is 1. The Morgan fingerprint density at radius 1 is 1.13 bits per heavy atom. The van der Waals surface area contributed by atoms with E-state index in [1.54, 1.807) is 6.92 Å². The Bertz CT molecular complexity index is 365. The van der Waals surface area contributed by atoms with Crippen LogP contribution in [0.3, 0.4) is 0 Å². The Hall–Kier alpha value is -0.620. The molecule has 0 aromatic carbocycles. The van der Waals surface area contributed by atoms with Gasteiger partial charge in [0.2, 0.25) is 15.9 Å². The number of carbonyl (C=O) groups is 1. The first-order valence-corrected chi connectivity index (χ1v) is 6.93. The van der Waals surface area contributed by atoms with Crippen molar-refractivity contribution in [1.29, 1.82) is 0 Å². The van der Waals surface area contributed by atoms with Gasteiger partial charge in [0.25, 0.3) is 0 Å². The van der Waals surface area contributed by atoms with Crippen LogP contribution in [0.15, 0.2) is 0 Å². The third-order valence-corrected chi connectivity index (χ3v) is 4.60. The number of amides is 1. The van der Waals surface area contributed by atoms with Crippen molar-refractivity contribution in [1.82, 2.24) is 9.21 Å². The van der Waals surface area contributed by atoms with Crippen LogP contribution in [0.4, 0.5) is 0 Å². The largest absolute Gasteiger partial charge is 0.342 e. The summed E-state index contributed by atoms with van der Waals surface area (Å²) in [4.78, 5) is 13.0. The molecule has 0 bridgehead atoms. The number of nitrogens with zero attached hydrogens (tertiary/aromatic N) is 2. The highest BCUT2D eigenvalue weighted by Gasteiger charge is 2.43. The zero-order valence-electron chi connectivity index (χ0n) is 9.01. The third kappa shape index (κ3) is 2.01. The van der Waals surface area contributed by atoms with E-state index in [9.17, 15) is 13.2 Å². The van der Waals surface area contributed by atoms with Gasteiger partial charge in [-0.2, -0.15) is 0 Å². The van der Waals surface area contributed by atoms with Crippen molar-refractivity contribution in [3.05, 3.63) is 0 Å². The van der Waals surface area contributed by atoms with Crippen LogP contribution in [0.2, 0.25) is 0 Å². The van der Waals surface area contributed by atoms with Gasteiger partial charge in [-0.15, -0.1) is 0 Å². The van der Waals surface area contributed by atoms with Crippen LogP contribution in [-0.4, -0.2) is 56.0 Å². The molecule has 2 atom stereocenters. The summed E-state index contributed by atoms with van der Waals surface area (Å²) in [5.74, 6) is 0.766. The molecule has 15 heavy (non-hydrogen) atoms. The molecule has 2 saturated heterocycles. The number of hydrogen-bond donors (Lipinski definition) is 0. The van der Waals surface area contributed by atoms with Gasteiger partial charge in [-0.05, 0) is 11.8 Å². The predicted octanol–water partition coefficient (Wildman–Crippen LogP) is -0.644. The van der Waals surface area contributed by atoms with Crippen molar-refractivity contribution < 1.29 is 13.2 Å². The first-order valence-electron chi connectivity index (χ1n) is 5.08. The number of sulfonamides is 1. The summed E-state index contributed by atoms with van der Waals surface area (Å²) in [5.41, 5.74) is 0. The summed E-state index contributed by atoms with van der Waals surface area (Å²) >= 11 is 0. The predicted molar refractivity (Wildman–Crippen MR) is 55.7 cm³/mol. The van der Waals surface area contributed by atoms with Gasteiger partial charge in [-0.25, -0.2) is 12.7 Å². The molecule has 2 aliphatic heterocycles. The summed E-state index contributed by atoms with van der Waals surface area (Å²) in [5, 5.41) is 0. The quantitative estimate of drug-likeness (QED) is 0.604. The van der Waals surface area contributed by atoms with Gasteiger partial charge >= 0.3 is 0 Å². The Labute approximate surface area is 90.1 Å². The summed E-state index contributed by atoms with van der Waals surface area (Å²) in [7, 11) is -3.05. The van der Waals surface area contributed by atoms with Gasteiger partial charge < -0.3 is 4.90 Å². The van der Waals surface area contributed by atoms with Crippen LogP contribution in [-0.2, 0) is 14.8 Å². The summed E-state index contributed by atoms with van der Waals surface area (Å²) in [6, 6.07) is 0. The van der Waals surface area contributed by atoms with E-state index in [0.29, 0.717) is 38.0 Å². The van der Waals surface area contributed by atoms with Gasteiger partial charge in [0.05, 0.1) is 6.26 Å². The lowest BCUT2D eigenvalue weighted by Crippen LogP contribution is -2.34. The maximum absolute atomic E-state index is 11.3. The minimum atomic E-state index is -3.05. The van der Waals surface area contributed by atoms with Crippen molar-refractivity contribution in [2.24, 2.45) is 11.8 Å². The summed E-state index contributed by atoms with van der Waals surface area (Å²) in [6.07, 6.45) is 1.25. The molecule has 0 spiro atoms. The lowest BCUT2D eigenvalue weighted by atomic mass is 10.0. The van der Waals surface area contributed by atoms with Crippen LogP contribution in [0, 0.1) is 11.8 Å². The zero-order valence-corrected chi connectivity index (χ0v) is 9.83. The first kappa shape index (κ1) is 10.9. The van der Waals surface area contributed by atoms with E-state index in [0.717, 1.165) is 0 Å². The lowest BCUT2D eigenvalue weighted by molar-refractivity contribution is -0.128. The van der Waals surface area contributed by atoms with E-state index < -0.39 is 10.0 Å². The molecule has 2 fully saturated rings. The Morgan fingerprint density at radius 3 is 1.93 bits per heavy atom. The minimum Gasteiger partial charge on any atom is -0.342 e. The Kier molecular flexibility index (Phi) is 2.50. The maximum Gasteiger partial charge on any atom is 0.219 e. The van der Waals surface area contributed by atoms with Crippen LogP contribution in [0.25, 0.3) is 0 Å². The lowest BCUT2D eigenvalue weighted by Gasteiger charge is -2.18. The van der Waals surface area contributed by atoms with E-state index in [1.807, 2.05) is 4.90 Å².